The molecule has 1 saturated heterocycles. The van der Waals surface area contributed by atoms with E-state index in [0.717, 1.165) is 12.2 Å². The van der Waals surface area contributed by atoms with Crippen LogP contribution in [0.25, 0.3) is 0 Å². The van der Waals surface area contributed by atoms with Crippen molar-refractivity contribution in [3.63, 3.8) is 0 Å². The van der Waals surface area contributed by atoms with Crippen molar-refractivity contribution in [2.24, 2.45) is 0 Å². The van der Waals surface area contributed by atoms with Gasteiger partial charge in [0.15, 0.2) is 0 Å². The van der Waals surface area contributed by atoms with Crippen LogP contribution in [0.2, 0.25) is 5.02 Å². The summed E-state index contributed by atoms with van der Waals surface area (Å²) in [4.78, 5) is 13.3. The van der Waals surface area contributed by atoms with Gasteiger partial charge in [0.1, 0.15) is 0 Å². The summed E-state index contributed by atoms with van der Waals surface area (Å²) >= 11 is 5.94. The zero-order valence-electron chi connectivity index (χ0n) is 8.87. The number of carbonyl (C=O) groups excluding carboxylic acids is 1. The summed E-state index contributed by atoms with van der Waals surface area (Å²) in [5.74, 6) is 0.0862. The maximum atomic E-state index is 11.2. The summed E-state index contributed by atoms with van der Waals surface area (Å²) in [6.45, 7) is 2.08. The van der Waals surface area contributed by atoms with Crippen molar-refractivity contribution >= 4 is 28.9 Å². The summed E-state index contributed by atoms with van der Waals surface area (Å²) in [6.07, 6.45) is 0.492. The van der Waals surface area contributed by atoms with Gasteiger partial charge in [-0.05, 0) is 18.2 Å². The molecule has 0 unspecified atom stereocenters. The van der Waals surface area contributed by atoms with Crippen LogP contribution < -0.4 is 16.0 Å². The second kappa shape index (κ2) is 4.61. The molecule has 2 rings (SSSR count). The molecule has 1 fully saturated rings. The predicted molar refractivity (Wildman–Crippen MR) is 65.7 cm³/mol. The maximum Gasteiger partial charge on any atom is 0.221 e. The van der Waals surface area contributed by atoms with E-state index >= 15 is 0 Å². The number of benzene rings is 1. The van der Waals surface area contributed by atoms with Gasteiger partial charge in [0, 0.05) is 31.1 Å². The lowest BCUT2D eigenvalue weighted by atomic mass is 10.2. The van der Waals surface area contributed by atoms with Crippen molar-refractivity contribution in [2.75, 3.05) is 30.3 Å². The Morgan fingerprint density at radius 2 is 2.19 bits per heavy atom. The minimum atomic E-state index is 0.0862. The first kappa shape index (κ1) is 11.1. The van der Waals surface area contributed by atoms with E-state index in [4.69, 9.17) is 17.3 Å². The van der Waals surface area contributed by atoms with E-state index in [1.165, 1.54) is 0 Å². The lowest BCUT2D eigenvalue weighted by Gasteiger charge is -2.23. The molecule has 1 heterocycles. The van der Waals surface area contributed by atoms with E-state index in [0.29, 0.717) is 30.2 Å². The second-order valence-electron chi connectivity index (χ2n) is 3.79. The third-order valence-electron chi connectivity index (χ3n) is 2.65. The fourth-order valence-corrected chi connectivity index (χ4v) is 1.96. The molecule has 0 atom stereocenters. The van der Waals surface area contributed by atoms with Crippen LogP contribution in [-0.2, 0) is 4.79 Å². The predicted octanol–water partition coefficient (Wildman–Crippen LogP) is 1.25. The van der Waals surface area contributed by atoms with Gasteiger partial charge in [-0.1, -0.05) is 11.6 Å². The number of nitrogens with one attached hydrogen (secondary N) is 1. The van der Waals surface area contributed by atoms with Crippen LogP contribution >= 0.6 is 11.6 Å². The molecule has 0 saturated carbocycles. The number of hydrogen-bond donors (Lipinski definition) is 2. The number of halogens is 1. The highest BCUT2D eigenvalue weighted by atomic mass is 35.5. The van der Waals surface area contributed by atoms with E-state index in [1.807, 2.05) is 6.07 Å². The first-order valence-electron chi connectivity index (χ1n) is 5.23. The van der Waals surface area contributed by atoms with Crippen molar-refractivity contribution < 1.29 is 4.79 Å². The third kappa shape index (κ3) is 2.39. The Labute approximate surface area is 99.4 Å². The number of carbonyl (C=O) groups is 1. The van der Waals surface area contributed by atoms with E-state index in [-0.39, 0.29) is 5.91 Å². The smallest absolute Gasteiger partial charge is 0.221 e. The number of nitrogen functional groups attached to an aromatic ring is 1. The first-order chi connectivity index (χ1) is 7.66. The van der Waals surface area contributed by atoms with E-state index < -0.39 is 0 Å². The van der Waals surface area contributed by atoms with Gasteiger partial charge < -0.3 is 16.0 Å². The Balaban J connectivity index is 2.22. The van der Waals surface area contributed by atoms with E-state index in [9.17, 15) is 4.79 Å². The molecular formula is C11H14ClN3O. The molecule has 4 nitrogen and oxygen atoms in total. The van der Waals surface area contributed by atoms with Gasteiger partial charge in [-0.25, -0.2) is 0 Å². The summed E-state index contributed by atoms with van der Waals surface area (Å²) in [6, 6.07) is 5.39. The molecule has 0 radical (unpaired) electrons. The zero-order chi connectivity index (χ0) is 11.5. The normalized spacial score (nSPS) is 16.8. The minimum Gasteiger partial charge on any atom is -0.397 e. The van der Waals surface area contributed by atoms with Crippen LogP contribution in [-0.4, -0.2) is 25.5 Å². The number of rotatable bonds is 1. The summed E-state index contributed by atoms with van der Waals surface area (Å²) < 4.78 is 0. The number of nitrogens with two attached hydrogens (primary N) is 1. The third-order valence-corrected chi connectivity index (χ3v) is 2.88. The Morgan fingerprint density at radius 1 is 1.38 bits per heavy atom. The van der Waals surface area contributed by atoms with E-state index in [2.05, 4.69) is 10.2 Å². The number of nitrogens with zero attached hydrogens (tertiary/aromatic N) is 1. The van der Waals surface area contributed by atoms with Crippen LogP contribution in [0.3, 0.4) is 0 Å². The molecule has 0 bridgehead atoms. The Kier molecular flexibility index (Phi) is 3.19. The van der Waals surface area contributed by atoms with E-state index in [1.54, 1.807) is 12.1 Å². The van der Waals surface area contributed by atoms with Crippen LogP contribution in [0.5, 0.6) is 0 Å². The largest absolute Gasteiger partial charge is 0.397 e. The summed E-state index contributed by atoms with van der Waals surface area (Å²) in [5.41, 5.74) is 7.50. The Morgan fingerprint density at radius 3 is 3.00 bits per heavy atom. The van der Waals surface area contributed by atoms with Crippen LogP contribution in [0.4, 0.5) is 11.4 Å². The average Bonchev–Trinajstić information content (AvgIpc) is 2.47. The topological polar surface area (TPSA) is 58.4 Å². The molecule has 86 valence electrons. The fourth-order valence-electron chi connectivity index (χ4n) is 1.80. The van der Waals surface area contributed by atoms with Gasteiger partial charge in [0.2, 0.25) is 5.91 Å². The molecule has 16 heavy (non-hydrogen) atoms. The number of hydrogen-bond acceptors (Lipinski definition) is 3. The molecule has 0 aromatic heterocycles. The van der Waals surface area contributed by atoms with Crippen LogP contribution in [0.15, 0.2) is 18.2 Å². The first-order valence-corrected chi connectivity index (χ1v) is 5.61. The lowest BCUT2D eigenvalue weighted by Crippen LogP contribution is -2.28. The minimum absolute atomic E-state index is 0.0862. The molecule has 0 spiro atoms. The summed E-state index contributed by atoms with van der Waals surface area (Å²) in [7, 11) is 0. The SMILES string of the molecule is Nc1ccc(Cl)cc1N1CCNC(=O)CC1. The monoisotopic (exact) mass is 239 g/mol. The highest BCUT2D eigenvalue weighted by Gasteiger charge is 2.15. The standard InChI is InChI=1S/C11H14ClN3O/c12-8-1-2-9(13)10(7-8)15-5-3-11(16)14-4-6-15/h1-2,7H,3-6,13H2,(H,14,16). The zero-order valence-corrected chi connectivity index (χ0v) is 9.63. The fraction of sp³-hybridized carbons (Fsp3) is 0.364. The van der Waals surface area contributed by atoms with Crippen molar-refractivity contribution in [1.29, 1.82) is 0 Å². The quantitative estimate of drug-likeness (QED) is 0.726. The number of anilines is 2. The Hall–Kier alpha value is -1.42. The second-order valence-corrected chi connectivity index (χ2v) is 4.23. The van der Waals surface area contributed by atoms with Gasteiger partial charge in [0.05, 0.1) is 11.4 Å². The molecule has 1 aliphatic rings. The maximum absolute atomic E-state index is 11.2. The lowest BCUT2D eigenvalue weighted by molar-refractivity contribution is -0.120. The van der Waals surface area contributed by atoms with Gasteiger partial charge >= 0.3 is 0 Å². The Bertz CT molecular complexity index is 408. The van der Waals surface area contributed by atoms with Crippen molar-refractivity contribution in [1.82, 2.24) is 5.32 Å². The molecule has 0 aliphatic carbocycles. The molecule has 1 aromatic carbocycles. The highest BCUT2D eigenvalue weighted by molar-refractivity contribution is 6.31. The molecule has 5 heteroatoms. The van der Waals surface area contributed by atoms with Gasteiger partial charge in [-0.2, -0.15) is 0 Å². The molecule has 1 aliphatic heterocycles. The van der Waals surface area contributed by atoms with Crippen LogP contribution in [0, 0.1) is 0 Å². The summed E-state index contributed by atoms with van der Waals surface area (Å²) in [5, 5.41) is 3.48. The molecule has 3 N–H and O–H groups in total. The van der Waals surface area contributed by atoms with Crippen LogP contribution in [0.1, 0.15) is 6.42 Å². The van der Waals surface area contributed by atoms with Crippen molar-refractivity contribution in [2.45, 2.75) is 6.42 Å². The van der Waals surface area contributed by atoms with Crippen molar-refractivity contribution in [3.8, 4) is 0 Å². The number of amides is 1. The van der Waals surface area contributed by atoms with Crippen molar-refractivity contribution in [3.05, 3.63) is 23.2 Å². The molecule has 1 amide bonds. The molecular weight excluding hydrogens is 226 g/mol. The van der Waals surface area contributed by atoms with Gasteiger partial charge in [0.25, 0.3) is 0 Å². The van der Waals surface area contributed by atoms with Gasteiger partial charge in [-0.3, -0.25) is 4.79 Å². The molecule has 1 aromatic rings. The highest BCUT2D eigenvalue weighted by Crippen LogP contribution is 2.27. The van der Waals surface area contributed by atoms with Gasteiger partial charge in [-0.15, -0.1) is 0 Å². The average molecular weight is 240 g/mol.